The Balaban J connectivity index is 2.03. The zero-order valence-electron chi connectivity index (χ0n) is 9.83. The third kappa shape index (κ3) is 3.97. The number of hydrogen-bond donors (Lipinski definition) is 1. The Hall–Kier alpha value is -0.0500. The summed E-state index contributed by atoms with van der Waals surface area (Å²) in [5.41, 5.74) is 1.20. The van der Waals surface area contributed by atoms with Crippen molar-refractivity contribution in [1.82, 2.24) is 0 Å². The highest BCUT2D eigenvalue weighted by Crippen LogP contribution is 2.30. The van der Waals surface area contributed by atoms with E-state index >= 15 is 0 Å². The number of benzene rings is 1. The van der Waals surface area contributed by atoms with Gasteiger partial charge < -0.3 is 5.11 Å². The van der Waals surface area contributed by atoms with Gasteiger partial charge in [0.2, 0.25) is 0 Å². The summed E-state index contributed by atoms with van der Waals surface area (Å²) in [5, 5.41) is 10.6. The Morgan fingerprint density at radius 3 is 2.82 bits per heavy atom. The van der Waals surface area contributed by atoms with Gasteiger partial charge in [-0.1, -0.05) is 52.9 Å². The fourth-order valence-corrected chi connectivity index (χ4v) is 3.37. The molecule has 2 unspecified atom stereocenters. The lowest BCUT2D eigenvalue weighted by Crippen LogP contribution is -2.12. The summed E-state index contributed by atoms with van der Waals surface area (Å²) in [7, 11) is 0. The largest absolute Gasteiger partial charge is 0.393 e. The van der Waals surface area contributed by atoms with E-state index in [9.17, 15) is 5.11 Å². The molecule has 1 aromatic carbocycles. The highest BCUT2D eigenvalue weighted by atomic mass is 79.9. The fraction of sp³-hybridized carbons (Fsp3) is 0.571. The molecule has 1 aliphatic carbocycles. The summed E-state index contributed by atoms with van der Waals surface area (Å²) in [6.07, 6.45) is 6.36. The summed E-state index contributed by atoms with van der Waals surface area (Å²) < 4.78 is 1.02. The Morgan fingerprint density at radius 2 is 2.06 bits per heavy atom. The minimum Gasteiger partial charge on any atom is -0.393 e. The standard InChI is InChI=1S/C14H18BrClO/c15-12-6-5-11(14(16)9-12)7-10-3-1-2-4-13(17)8-10/h5-6,9-10,13,17H,1-4,7-8H2. The second-order valence-corrected chi connectivity index (χ2v) is 6.30. The molecule has 1 N–H and O–H groups in total. The number of halogens is 2. The van der Waals surface area contributed by atoms with Crippen LogP contribution in [0.5, 0.6) is 0 Å². The molecular formula is C14H18BrClO. The first-order valence-corrected chi connectivity index (χ1v) is 7.44. The van der Waals surface area contributed by atoms with Crippen molar-refractivity contribution in [3.63, 3.8) is 0 Å². The molecule has 2 rings (SSSR count). The zero-order valence-corrected chi connectivity index (χ0v) is 12.2. The molecule has 0 aliphatic heterocycles. The second kappa shape index (κ2) is 6.21. The van der Waals surface area contributed by atoms with Gasteiger partial charge in [0.1, 0.15) is 0 Å². The normalized spacial score (nSPS) is 25.6. The van der Waals surface area contributed by atoms with Crippen LogP contribution in [0.25, 0.3) is 0 Å². The first-order chi connectivity index (χ1) is 8.15. The Labute approximate surface area is 116 Å². The quantitative estimate of drug-likeness (QED) is 0.791. The lowest BCUT2D eigenvalue weighted by molar-refractivity contribution is 0.141. The molecule has 1 aliphatic rings. The molecule has 0 heterocycles. The minimum absolute atomic E-state index is 0.114. The van der Waals surface area contributed by atoms with Crippen LogP contribution in [0.15, 0.2) is 22.7 Å². The first kappa shape index (κ1) is 13.4. The van der Waals surface area contributed by atoms with E-state index < -0.39 is 0 Å². The van der Waals surface area contributed by atoms with Gasteiger partial charge in [-0.15, -0.1) is 0 Å². The van der Waals surface area contributed by atoms with Crippen LogP contribution in [0, 0.1) is 5.92 Å². The van der Waals surface area contributed by atoms with Crippen LogP contribution in [0.1, 0.15) is 37.7 Å². The van der Waals surface area contributed by atoms with E-state index in [4.69, 9.17) is 11.6 Å². The molecule has 2 atom stereocenters. The van der Waals surface area contributed by atoms with Crippen LogP contribution in [0.2, 0.25) is 5.02 Å². The fourth-order valence-electron chi connectivity index (χ4n) is 2.62. The molecule has 1 aromatic rings. The zero-order chi connectivity index (χ0) is 12.3. The highest BCUT2D eigenvalue weighted by molar-refractivity contribution is 9.10. The Morgan fingerprint density at radius 1 is 1.29 bits per heavy atom. The summed E-state index contributed by atoms with van der Waals surface area (Å²) in [6.45, 7) is 0. The maximum Gasteiger partial charge on any atom is 0.0543 e. The van der Waals surface area contributed by atoms with Crippen molar-refractivity contribution in [3.05, 3.63) is 33.3 Å². The van der Waals surface area contributed by atoms with Crippen LogP contribution in [0.4, 0.5) is 0 Å². The molecule has 0 bridgehead atoms. The number of aliphatic hydroxyl groups is 1. The predicted molar refractivity (Wildman–Crippen MR) is 75.4 cm³/mol. The van der Waals surface area contributed by atoms with Crippen LogP contribution in [-0.2, 0) is 6.42 Å². The topological polar surface area (TPSA) is 20.2 Å². The lowest BCUT2D eigenvalue weighted by atomic mass is 9.92. The van der Waals surface area contributed by atoms with Crippen molar-refractivity contribution in [2.24, 2.45) is 5.92 Å². The minimum atomic E-state index is -0.114. The van der Waals surface area contributed by atoms with E-state index in [0.717, 1.165) is 35.2 Å². The van der Waals surface area contributed by atoms with Gasteiger partial charge in [0, 0.05) is 9.50 Å². The average molecular weight is 318 g/mol. The van der Waals surface area contributed by atoms with Crippen molar-refractivity contribution >= 4 is 27.5 Å². The third-order valence-corrected chi connectivity index (χ3v) is 4.37. The molecule has 1 fully saturated rings. The summed E-state index contributed by atoms with van der Waals surface area (Å²) in [4.78, 5) is 0. The summed E-state index contributed by atoms with van der Waals surface area (Å²) in [5.74, 6) is 0.575. The SMILES string of the molecule is OC1CCCCC(Cc2ccc(Br)cc2Cl)C1. The van der Waals surface area contributed by atoms with Crippen LogP contribution >= 0.6 is 27.5 Å². The maximum absolute atomic E-state index is 9.81. The monoisotopic (exact) mass is 316 g/mol. The van der Waals surface area contributed by atoms with E-state index in [0.29, 0.717) is 5.92 Å². The van der Waals surface area contributed by atoms with Crippen molar-refractivity contribution in [1.29, 1.82) is 0 Å². The van der Waals surface area contributed by atoms with Crippen LogP contribution in [0.3, 0.4) is 0 Å². The molecule has 3 heteroatoms. The molecule has 94 valence electrons. The van der Waals surface area contributed by atoms with Crippen LogP contribution in [-0.4, -0.2) is 11.2 Å². The van der Waals surface area contributed by atoms with Crippen molar-refractivity contribution in [2.75, 3.05) is 0 Å². The third-order valence-electron chi connectivity index (χ3n) is 3.53. The van der Waals surface area contributed by atoms with Crippen LogP contribution < -0.4 is 0 Å². The van der Waals surface area contributed by atoms with Gasteiger partial charge in [-0.2, -0.15) is 0 Å². The van der Waals surface area contributed by atoms with Crippen molar-refractivity contribution in [2.45, 2.75) is 44.6 Å². The van der Waals surface area contributed by atoms with Gasteiger partial charge in [0.15, 0.2) is 0 Å². The predicted octanol–water partition coefficient (Wildman–Crippen LogP) is 4.59. The number of aliphatic hydroxyl groups excluding tert-OH is 1. The van der Waals surface area contributed by atoms with E-state index in [1.165, 1.54) is 18.4 Å². The van der Waals surface area contributed by atoms with Gasteiger partial charge >= 0.3 is 0 Å². The Bertz CT molecular complexity index is 380. The second-order valence-electron chi connectivity index (χ2n) is 4.98. The summed E-state index contributed by atoms with van der Waals surface area (Å²) in [6, 6.07) is 6.07. The van der Waals surface area contributed by atoms with E-state index in [1.54, 1.807) is 0 Å². The molecule has 1 saturated carbocycles. The van der Waals surface area contributed by atoms with Gasteiger partial charge in [-0.05, 0) is 42.9 Å². The van der Waals surface area contributed by atoms with E-state index in [-0.39, 0.29) is 6.10 Å². The van der Waals surface area contributed by atoms with E-state index in [1.807, 2.05) is 12.1 Å². The maximum atomic E-state index is 9.81. The first-order valence-electron chi connectivity index (χ1n) is 6.27. The lowest BCUT2D eigenvalue weighted by Gasteiger charge is -2.17. The summed E-state index contributed by atoms with van der Waals surface area (Å²) >= 11 is 9.65. The smallest absolute Gasteiger partial charge is 0.0543 e. The van der Waals surface area contributed by atoms with Crippen molar-refractivity contribution < 1.29 is 5.11 Å². The molecule has 0 saturated heterocycles. The van der Waals surface area contributed by atoms with E-state index in [2.05, 4.69) is 22.0 Å². The van der Waals surface area contributed by atoms with Gasteiger partial charge in [-0.3, -0.25) is 0 Å². The molecular weight excluding hydrogens is 300 g/mol. The Kier molecular flexibility index (Phi) is 4.89. The molecule has 0 aromatic heterocycles. The van der Waals surface area contributed by atoms with Crippen molar-refractivity contribution in [3.8, 4) is 0 Å². The highest BCUT2D eigenvalue weighted by Gasteiger charge is 2.19. The molecule has 1 nitrogen and oxygen atoms in total. The number of rotatable bonds is 2. The average Bonchev–Trinajstić information content (AvgIpc) is 2.47. The van der Waals surface area contributed by atoms with Gasteiger partial charge in [-0.25, -0.2) is 0 Å². The molecule has 0 radical (unpaired) electrons. The number of hydrogen-bond acceptors (Lipinski definition) is 1. The van der Waals surface area contributed by atoms with Gasteiger partial charge in [0.25, 0.3) is 0 Å². The molecule has 17 heavy (non-hydrogen) atoms. The van der Waals surface area contributed by atoms with Gasteiger partial charge in [0.05, 0.1) is 6.10 Å². The molecule has 0 spiro atoms. The molecule has 0 amide bonds.